The predicted molar refractivity (Wildman–Crippen MR) is 80.6 cm³/mol. The van der Waals surface area contributed by atoms with E-state index in [4.69, 9.17) is 11.5 Å². The highest BCUT2D eigenvalue weighted by Gasteiger charge is 2.18. The number of nitrogens with zero attached hydrogens (tertiary/aromatic N) is 1. The number of benzene rings is 2. The van der Waals surface area contributed by atoms with Crippen LogP contribution in [0.1, 0.15) is 21.5 Å². The second kappa shape index (κ2) is 4.89. The molecule has 20 heavy (non-hydrogen) atoms. The Balaban J connectivity index is 1.90. The molecule has 1 amide bonds. The van der Waals surface area contributed by atoms with Crippen molar-refractivity contribution in [2.24, 2.45) is 5.73 Å². The van der Waals surface area contributed by atoms with Gasteiger partial charge in [0.05, 0.1) is 11.4 Å². The highest BCUT2D eigenvalue weighted by molar-refractivity contribution is 5.94. The quantitative estimate of drug-likeness (QED) is 0.817. The minimum atomic E-state index is -0.452. The lowest BCUT2D eigenvalue weighted by Gasteiger charge is -2.31. The molecule has 0 bridgehead atoms. The summed E-state index contributed by atoms with van der Waals surface area (Å²) in [6.07, 6.45) is 1.01. The zero-order valence-corrected chi connectivity index (χ0v) is 11.2. The van der Waals surface area contributed by atoms with E-state index in [1.54, 1.807) is 12.1 Å². The molecule has 1 aliphatic rings. The molecular formula is C16H17N3O. The Morgan fingerprint density at radius 2 is 1.85 bits per heavy atom. The fraction of sp³-hybridized carbons (Fsp3) is 0.188. The largest absolute Gasteiger partial charge is 0.397 e. The van der Waals surface area contributed by atoms with E-state index >= 15 is 0 Å². The molecule has 3 rings (SSSR count). The molecule has 4 N–H and O–H groups in total. The molecule has 0 aromatic heterocycles. The minimum absolute atomic E-state index is 0.448. The standard InChI is InChI=1S/C16H17N3O/c17-14-9-12(16(18)20)5-6-15(14)19-8-7-11-3-1-2-4-13(11)10-19/h1-6,9H,7-8,10,17H2,(H2,18,20). The number of carbonyl (C=O) groups is 1. The third-order valence-corrected chi connectivity index (χ3v) is 3.78. The maximum atomic E-state index is 11.2. The van der Waals surface area contributed by atoms with E-state index in [0.717, 1.165) is 25.2 Å². The molecule has 0 unspecified atom stereocenters. The van der Waals surface area contributed by atoms with Crippen LogP contribution in [0.3, 0.4) is 0 Å². The van der Waals surface area contributed by atoms with Crippen molar-refractivity contribution in [3.05, 3.63) is 59.2 Å². The second-order valence-electron chi connectivity index (χ2n) is 5.08. The van der Waals surface area contributed by atoms with Gasteiger partial charge in [-0.1, -0.05) is 24.3 Å². The lowest BCUT2D eigenvalue weighted by atomic mass is 9.99. The molecule has 0 saturated heterocycles. The Morgan fingerprint density at radius 3 is 2.55 bits per heavy atom. The number of carbonyl (C=O) groups excluding carboxylic acids is 1. The maximum absolute atomic E-state index is 11.2. The highest BCUT2D eigenvalue weighted by atomic mass is 16.1. The fourth-order valence-corrected chi connectivity index (χ4v) is 2.70. The van der Waals surface area contributed by atoms with Crippen LogP contribution in [-0.4, -0.2) is 12.5 Å². The van der Waals surface area contributed by atoms with Crippen molar-refractivity contribution in [1.82, 2.24) is 0 Å². The van der Waals surface area contributed by atoms with Gasteiger partial charge < -0.3 is 16.4 Å². The van der Waals surface area contributed by atoms with Crippen molar-refractivity contribution in [3.63, 3.8) is 0 Å². The molecule has 2 aromatic carbocycles. The molecule has 0 fully saturated rings. The highest BCUT2D eigenvalue weighted by Crippen LogP contribution is 2.29. The van der Waals surface area contributed by atoms with E-state index in [1.165, 1.54) is 11.1 Å². The SMILES string of the molecule is NC(=O)c1ccc(N2CCc3ccccc3C2)c(N)c1. The van der Waals surface area contributed by atoms with Gasteiger partial charge in [0, 0.05) is 18.7 Å². The van der Waals surface area contributed by atoms with E-state index in [9.17, 15) is 4.79 Å². The summed E-state index contributed by atoms with van der Waals surface area (Å²) in [5.74, 6) is -0.452. The second-order valence-corrected chi connectivity index (χ2v) is 5.08. The number of primary amides is 1. The number of hydrogen-bond donors (Lipinski definition) is 2. The lowest BCUT2D eigenvalue weighted by molar-refractivity contribution is 0.100. The molecule has 0 atom stereocenters. The van der Waals surface area contributed by atoms with Crippen LogP contribution in [0.25, 0.3) is 0 Å². The summed E-state index contributed by atoms with van der Waals surface area (Å²) in [7, 11) is 0. The summed E-state index contributed by atoms with van der Waals surface area (Å²) in [5, 5.41) is 0. The van der Waals surface area contributed by atoms with Crippen molar-refractivity contribution in [1.29, 1.82) is 0 Å². The van der Waals surface area contributed by atoms with Gasteiger partial charge in [-0.05, 0) is 35.7 Å². The summed E-state index contributed by atoms with van der Waals surface area (Å²) < 4.78 is 0. The van der Waals surface area contributed by atoms with Crippen molar-refractivity contribution >= 4 is 17.3 Å². The van der Waals surface area contributed by atoms with Crippen LogP contribution in [0.15, 0.2) is 42.5 Å². The monoisotopic (exact) mass is 267 g/mol. The van der Waals surface area contributed by atoms with Gasteiger partial charge in [0.25, 0.3) is 0 Å². The zero-order chi connectivity index (χ0) is 14.1. The summed E-state index contributed by atoms with van der Waals surface area (Å²) in [6, 6.07) is 13.7. The van der Waals surface area contributed by atoms with Crippen LogP contribution < -0.4 is 16.4 Å². The summed E-state index contributed by atoms with van der Waals surface area (Å²) in [6.45, 7) is 1.77. The Kier molecular flexibility index (Phi) is 3.06. The van der Waals surface area contributed by atoms with Gasteiger partial charge in [-0.15, -0.1) is 0 Å². The number of fused-ring (bicyclic) bond motifs is 1. The molecule has 2 aromatic rings. The van der Waals surface area contributed by atoms with Gasteiger partial charge >= 0.3 is 0 Å². The third-order valence-electron chi connectivity index (χ3n) is 3.78. The number of hydrogen-bond acceptors (Lipinski definition) is 3. The fourth-order valence-electron chi connectivity index (χ4n) is 2.70. The minimum Gasteiger partial charge on any atom is -0.397 e. The molecule has 1 heterocycles. The first-order valence-electron chi connectivity index (χ1n) is 6.66. The van der Waals surface area contributed by atoms with Crippen molar-refractivity contribution in [3.8, 4) is 0 Å². The van der Waals surface area contributed by atoms with Gasteiger partial charge in [-0.25, -0.2) is 0 Å². The first-order chi connectivity index (χ1) is 9.65. The smallest absolute Gasteiger partial charge is 0.248 e. The first-order valence-corrected chi connectivity index (χ1v) is 6.66. The van der Waals surface area contributed by atoms with Gasteiger partial charge in [0.1, 0.15) is 0 Å². The van der Waals surface area contributed by atoms with Crippen molar-refractivity contribution < 1.29 is 4.79 Å². The van der Waals surface area contributed by atoms with Crippen LogP contribution in [0, 0.1) is 0 Å². The summed E-state index contributed by atoms with van der Waals surface area (Å²) in [4.78, 5) is 13.4. The summed E-state index contributed by atoms with van der Waals surface area (Å²) in [5.41, 5.74) is 16.1. The summed E-state index contributed by atoms with van der Waals surface area (Å²) >= 11 is 0. The topological polar surface area (TPSA) is 72.4 Å². The number of amides is 1. The molecule has 0 spiro atoms. The van der Waals surface area contributed by atoms with E-state index in [-0.39, 0.29) is 0 Å². The molecule has 1 aliphatic heterocycles. The van der Waals surface area contributed by atoms with Gasteiger partial charge in [-0.3, -0.25) is 4.79 Å². The molecular weight excluding hydrogens is 250 g/mol. The van der Waals surface area contributed by atoms with Crippen LogP contribution in [0.5, 0.6) is 0 Å². The van der Waals surface area contributed by atoms with E-state index in [1.807, 2.05) is 6.07 Å². The predicted octanol–water partition coefficient (Wildman–Crippen LogP) is 1.93. The van der Waals surface area contributed by atoms with Gasteiger partial charge in [0.15, 0.2) is 0 Å². The number of anilines is 2. The average Bonchev–Trinajstić information content (AvgIpc) is 2.46. The molecule has 4 heteroatoms. The van der Waals surface area contributed by atoms with Crippen LogP contribution in [-0.2, 0) is 13.0 Å². The molecule has 0 aliphatic carbocycles. The Morgan fingerprint density at radius 1 is 1.10 bits per heavy atom. The van der Waals surface area contributed by atoms with E-state index in [0.29, 0.717) is 11.3 Å². The zero-order valence-electron chi connectivity index (χ0n) is 11.2. The number of rotatable bonds is 2. The molecule has 4 nitrogen and oxygen atoms in total. The Bertz CT molecular complexity index is 667. The van der Waals surface area contributed by atoms with Crippen LogP contribution in [0.2, 0.25) is 0 Å². The van der Waals surface area contributed by atoms with Gasteiger partial charge in [0.2, 0.25) is 5.91 Å². The molecule has 0 saturated carbocycles. The van der Waals surface area contributed by atoms with Crippen molar-refractivity contribution in [2.45, 2.75) is 13.0 Å². The maximum Gasteiger partial charge on any atom is 0.248 e. The first kappa shape index (κ1) is 12.5. The number of nitrogens with two attached hydrogens (primary N) is 2. The van der Waals surface area contributed by atoms with E-state index < -0.39 is 5.91 Å². The van der Waals surface area contributed by atoms with E-state index in [2.05, 4.69) is 29.2 Å². The van der Waals surface area contributed by atoms with Gasteiger partial charge in [-0.2, -0.15) is 0 Å². The molecule has 102 valence electrons. The normalized spacial score (nSPS) is 13.9. The van der Waals surface area contributed by atoms with Crippen LogP contribution >= 0.6 is 0 Å². The van der Waals surface area contributed by atoms with Crippen molar-refractivity contribution in [2.75, 3.05) is 17.2 Å². The Labute approximate surface area is 118 Å². The lowest BCUT2D eigenvalue weighted by Crippen LogP contribution is -2.31. The Hall–Kier alpha value is -2.49. The third kappa shape index (κ3) is 2.20. The molecule has 0 radical (unpaired) electrons. The average molecular weight is 267 g/mol. The number of nitrogen functional groups attached to an aromatic ring is 1. The van der Waals surface area contributed by atoms with Crippen LogP contribution in [0.4, 0.5) is 11.4 Å².